The molecular weight excluding hydrogens is 224 g/mol. The molecule has 94 valence electrons. The van der Waals surface area contributed by atoms with Crippen LogP contribution in [0.4, 0.5) is 0 Å². The Balaban J connectivity index is 2.23. The minimum absolute atomic E-state index is 0.0631. The lowest BCUT2D eigenvalue weighted by molar-refractivity contribution is -0.124. The van der Waals surface area contributed by atoms with Gasteiger partial charge in [0.15, 0.2) is 0 Å². The third-order valence-corrected chi connectivity index (χ3v) is 2.34. The lowest BCUT2D eigenvalue weighted by atomic mass is 10.1. The molecule has 0 radical (unpaired) electrons. The van der Waals surface area contributed by atoms with Crippen LogP contribution in [0.2, 0.25) is 0 Å². The van der Waals surface area contributed by atoms with E-state index in [1.165, 1.54) is 0 Å². The molecule has 0 aliphatic rings. The van der Waals surface area contributed by atoms with Crippen molar-refractivity contribution < 1.29 is 14.7 Å². The third-order valence-electron chi connectivity index (χ3n) is 2.34. The number of H-pyrrole nitrogens is 1. The lowest BCUT2D eigenvalue weighted by Crippen LogP contribution is -2.38. The molecule has 7 heteroatoms. The number of aliphatic hydroxyl groups is 1. The van der Waals surface area contributed by atoms with Gasteiger partial charge in [-0.3, -0.25) is 9.59 Å². The van der Waals surface area contributed by atoms with Gasteiger partial charge in [0.05, 0.1) is 18.9 Å². The number of aromatic amines is 1. The average molecular weight is 240 g/mol. The summed E-state index contributed by atoms with van der Waals surface area (Å²) in [6, 6.07) is 0. The molecule has 7 nitrogen and oxygen atoms in total. The predicted molar refractivity (Wildman–Crippen MR) is 59.7 cm³/mol. The first kappa shape index (κ1) is 13.2. The summed E-state index contributed by atoms with van der Waals surface area (Å²) < 4.78 is 0. The maximum Gasteiger partial charge on any atom is 0.224 e. The van der Waals surface area contributed by atoms with Crippen molar-refractivity contribution in [1.29, 1.82) is 0 Å². The molecule has 0 aliphatic heterocycles. The van der Waals surface area contributed by atoms with Gasteiger partial charge in [-0.05, 0) is 6.42 Å². The number of carbonyl (C=O) groups is 2. The monoisotopic (exact) mass is 240 g/mol. The van der Waals surface area contributed by atoms with Crippen LogP contribution in [0.15, 0.2) is 12.5 Å². The molecule has 0 aliphatic carbocycles. The van der Waals surface area contributed by atoms with Crippen LogP contribution in [-0.4, -0.2) is 40.0 Å². The number of hydrogen-bond acceptors (Lipinski definition) is 4. The Morgan fingerprint density at radius 3 is 2.88 bits per heavy atom. The van der Waals surface area contributed by atoms with Crippen molar-refractivity contribution in [2.75, 3.05) is 13.2 Å². The highest BCUT2D eigenvalue weighted by molar-refractivity contribution is 5.79. The number of rotatable bonds is 7. The lowest BCUT2D eigenvalue weighted by Gasteiger charge is -2.10. The number of aliphatic hydroxyl groups excluding tert-OH is 1. The van der Waals surface area contributed by atoms with Crippen LogP contribution in [0.3, 0.4) is 0 Å². The molecule has 0 unspecified atom stereocenters. The maximum absolute atomic E-state index is 11.4. The molecule has 1 aromatic heterocycles. The largest absolute Gasteiger partial charge is 0.395 e. The second-order valence-electron chi connectivity index (χ2n) is 3.66. The number of aromatic nitrogens is 2. The van der Waals surface area contributed by atoms with E-state index in [-0.39, 0.29) is 19.1 Å². The van der Waals surface area contributed by atoms with Crippen molar-refractivity contribution >= 4 is 11.8 Å². The van der Waals surface area contributed by atoms with E-state index in [0.29, 0.717) is 12.8 Å². The zero-order chi connectivity index (χ0) is 12.7. The van der Waals surface area contributed by atoms with Gasteiger partial charge in [0, 0.05) is 24.9 Å². The molecule has 5 N–H and O–H groups in total. The van der Waals surface area contributed by atoms with E-state index >= 15 is 0 Å². The summed E-state index contributed by atoms with van der Waals surface area (Å²) in [5.41, 5.74) is 5.89. The fourth-order valence-electron chi connectivity index (χ4n) is 1.25. The van der Waals surface area contributed by atoms with E-state index in [4.69, 9.17) is 10.8 Å². The second-order valence-corrected chi connectivity index (χ2v) is 3.66. The summed E-state index contributed by atoms with van der Waals surface area (Å²) in [5, 5.41) is 11.4. The summed E-state index contributed by atoms with van der Waals surface area (Å²) in [6.45, 7) is -0.302. The molecule has 0 saturated carbocycles. The van der Waals surface area contributed by atoms with Crippen LogP contribution in [0.1, 0.15) is 12.1 Å². The number of hydrogen-bond donors (Lipinski definition) is 4. The van der Waals surface area contributed by atoms with E-state index < -0.39 is 11.8 Å². The molecule has 0 aromatic carbocycles. The van der Waals surface area contributed by atoms with Gasteiger partial charge < -0.3 is 21.1 Å². The van der Waals surface area contributed by atoms with Crippen molar-refractivity contribution in [2.24, 2.45) is 11.7 Å². The summed E-state index contributed by atoms with van der Waals surface area (Å²) in [6.07, 6.45) is 4.03. The van der Waals surface area contributed by atoms with Crippen molar-refractivity contribution in [2.45, 2.75) is 12.8 Å². The van der Waals surface area contributed by atoms with Crippen LogP contribution >= 0.6 is 0 Å². The van der Waals surface area contributed by atoms with Crippen LogP contribution in [-0.2, 0) is 16.0 Å². The fraction of sp³-hybridized carbons (Fsp3) is 0.500. The Kier molecular flexibility index (Phi) is 5.15. The van der Waals surface area contributed by atoms with E-state index in [1.807, 2.05) is 0 Å². The number of carbonyl (C=O) groups excluding carboxylic acids is 2. The van der Waals surface area contributed by atoms with Gasteiger partial charge in [0.25, 0.3) is 0 Å². The highest BCUT2D eigenvalue weighted by Crippen LogP contribution is 1.97. The Bertz CT molecular complexity index is 364. The predicted octanol–water partition coefficient (Wildman–Crippen LogP) is -1.45. The number of imidazole rings is 1. The Morgan fingerprint density at radius 2 is 2.35 bits per heavy atom. The first-order valence-electron chi connectivity index (χ1n) is 5.27. The van der Waals surface area contributed by atoms with Gasteiger partial charge in [0.1, 0.15) is 0 Å². The third kappa shape index (κ3) is 4.64. The van der Waals surface area contributed by atoms with Crippen molar-refractivity contribution in [3.8, 4) is 0 Å². The van der Waals surface area contributed by atoms with Gasteiger partial charge in [-0.15, -0.1) is 0 Å². The Labute approximate surface area is 98.4 Å². The van der Waals surface area contributed by atoms with Crippen molar-refractivity contribution in [1.82, 2.24) is 15.3 Å². The molecular formula is C10H16N4O3. The smallest absolute Gasteiger partial charge is 0.224 e. The van der Waals surface area contributed by atoms with Gasteiger partial charge in [-0.2, -0.15) is 0 Å². The van der Waals surface area contributed by atoms with E-state index in [9.17, 15) is 9.59 Å². The molecule has 1 aromatic rings. The molecule has 1 atom stereocenters. The minimum atomic E-state index is -0.730. The van der Waals surface area contributed by atoms with Crippen molar-refractivity contribution in [3.63, 3.8) is 0 Å². The summed E-state index contributed by atoms with van der Waals surface area (Å²) in [5.74, 6) is -1.55. The number of nitrogens with one attached hydrogen (secondary N) is 2. The molecule has 2 amide bonds. The van der Waals surface area contributed by atoms with E-state index in [2.05, 4.69) is 15.3 Å². The minimum Gasteiger partial charge on any atom is -0.395 e. The molecule has 0 spiro atoms. The number of amides is 2. The zero-order valence-electron chi connectivity index (χ0n) is 9.35. The van der Waals surface area contributed by atoms with Crippen LogP contribution in [0.5, 0.6) is 0 Å². The maximum atomic E-state index is 11.4. The molecule has 1 rings (SSSR count). The SMILES string of the molecule is NC(=O)[C@H](CO)CNC(=O)CCc1cnc[nH]1. The average Bonchev–Trinajstić information content (AvgIpc) is 2.79. The fourth-order valence-corrected chi connectivity index (χ4v) is 1.25. The Morgan fingerprint density at radius 1 is 1.59 bits per heavy atom. The first-order chi connectivity index (χ1) is 8.13. The highest BCUT2D eigenvalue weighted by Gasteiger charge is 2.14. The number of primary amides is 1. The molecule has 17 heavy (non-hydrogen) atoms. The van der Waals surface area contributed by atoms with Crippen LogP contribution < -0.4 is 11.1 Å². The zero-order valence-corrected chi connectivity index (χ0v) is 9.35. The summed E-state index contributed by atoms with van der Waals surface area (Å²) in [4.78, 5) is 28.9. The van der Waals surface area contributed by atoms with Gasteiger partial charge in [-0.25, -0.2) is 4.98 Å². The first-order valence-corrected chi connectivity index (χ1v) is 5.27. The van der Waals surface area contributed by atoms with Gasteiger partial charge >= 0.3 is 0 Å². The summed E-state index contributed by atoms with van der Waals surface area (Å²) >= 11 is 0. The van der Waals surface area contributed by atoms with Gasteiger partial charge in [0.2, 0.25) is 11.8 Å². The number of aryl methyl sites for hydroxylation is 1. The molecule has 1 heterocycles. The normalized spacial score (nSPS) is 12.1. The van der Waals surface area contributed by atoms with E-state index in [0.717, 1.165) is 5.69 Å². The number of nitrogens with zero attached hydrogens (tertiary/aromatic N) is 1. The molecule has 0 bridgehead atoms. The summed E-state index contributed by atoms with van der Waals surface area (Å²) in [7, 11) is 0. The van der Waals surface area contributed by atoms with Gasteiger partial charge in [-0.1, -0.05) is 0 Å². The topological polar surface area (TPSA) is 121 Å². The standard InChI is InChI=1S/C10H16N4O3/c11-10(17)7(5-15)3-13-9(16)2-1-8-4-12-6-14-8/h4,6-7,15H,1-3,5H2,(H2,11,17)(H,12,14)(H,13,16)/t7-/m0/s1. The quantitative estimate of drug-likeness (QED) is 0.466. The van der Waals surface area contributed by atoms with E-state index in [1.54, 1.807) is 12.5 Å². The second kappa shape index (κ2) is 6.64. The van der Waals surface area contributed by atoms with Crippen LogP contribution in [0.25, 0.3) is 0 Å². The van der Waals surface area contributed by atoms with Crippen LogP contribution in [0, 0.1) is 5.92 Å². The molecule has 0 saturated heterocycles. The van der Waals surface area contributed by atoms with Crippen molar-refractivity contribution in [3.05, 3.63) is 18.2 Å². The molecule has 0 fully saturated rings. The Hall–Kier alpha value is -1.89. The highest BCUT2D eigenvalue weighted by atomic mass is 16.3. The number of nitrogens with two attached hydrogens (primary N) is 1.